The monoisotopic (exact) mass is 250 g/mol. The van der Waals surface area contributed by atoms with Crippen LogP contribution in [0.4, 0.5) is 0 Å². The molecule has 4 nitrogen and oxygen atoms in total. The number of rotatable bonds is 4. The third-order valence-corrected chi connectivity index (χ3v) is 3.80. The number of carbonyl (C=O) groups excluding carboxylic acids is 1. The molecule has 0 N–H and O–H groups in total. The molecular formula is C14H22N2O2. The molecule has 1 aromatic heterocycles. The molecule has 2 rings (SSSR count). The lowest BCUT2D eigenvalue weighted by atomic mass is 9.84. The number of aromatic nitrogens is 2. The van der Waals surface area contributed by atoms with E-state index in [1.807, 2.05) is 17.8 Å². The zero-order valence-electron chi connectivity index (χ0n) is 11.5. The summed E-state index contributed by atoms with van der Waals surface area (Å²) in [5.41, 5.74) is 2.08. The molecule has 18 heavy (non-hydrogen) atoms. The number of hydrogen-bond acceptors (Lipinski definition) is 3. The standard InChI is InChI=1S/C14H22N2O2/c1-4-11-7-12(16(3)15-11)8-14(17)13-5-6-18-9-10(13)2/h7,10,13H,4-6,8-9H2,1-3H3. The van der Waals surface area contributed by atoms with Crippen LogP contribution >= 0.6 is 0 Å². The molecule has 0 amide bonds. The van der Waals surface area contributed by atoms with Crippen LogP contribution in [0.2, 0.25) is 0 Å². The highest BCUT2D eigenvalue weighted by Gasteiger charge is 2.28. The predicted molar refractivity (Wildman–Crippen MR) is 69.4 cm³/mol. The van der Waals surface area contributed by atoms with E-state index in [0.29, 0.717) is 31.3 Å². The molecule has 0 aromatic carbocycles. The highest BCUT2D eigenvalue weighted by molar-refractivity contribution is 5.83. The van der Waals surface area contributed by atoms with Crippen molar-refractivity contribution in [3.05, 3.63) is 17.5 Å². The summed E-state index contributed by atoms with van der Waals surface area (Å²) in [6, 6.07) is 2.04. The number of aryl methyl sites for hydroxylation is 2. The summed E-state index contributed by atoms with van der Waals surface area (Å²) in [6.07, 6.45) is 2.27. The Bertz CT molecular complexity index is 425. The number of ether oxygens (including phenoxy) is 1. The van der Waals surface area contributed by atoms with Crippen molar-refractivity contribution >= 4 is 5.78 Å². The summed E-state index contributed by atoms with van der Waals surface area (Å²) < 4.78 is 7.22. The molecule has 0 bridgehead atoms. The van der Waals surface area contributed by atoms with Gasteiger partial charge in [-0.2, -0.15) is 5.10 Å². The Morgan fingerprint density at radius 1 is 1.61 bits per heavy atom. The molecule has 1 aliphatic heterocycles. The normalized spacial score (nSPS) is 24.2. The summed E-state index contributed by atoms with van der Waals surface area (Å²) in [5.74, 6) is 0.820. The minimum atomic E-state index is 0.152. The van der Waals surface area contributed by atoms with Gasteiger partial charge >= 0.3 is 0 Å². The maximum atomic E-state index is 12.3. The smallest absolute Gasteiger partial charge is 0.142 e. The van der Waals surface area contributed by atoms with Gasteiger partial charge in [-0.05, 0) is 24.8 Å². The van der Waals surface area contributed by atoms with Crippen molar-refractivity contribution in [1.29, 1.82) is 0 Å². The average Bonchev–Trinajstić information content (AvgIpc) is 2.70. The molecule has 0 aliphatic carbocycles. The molecule has 2 heterocycles. The van der Waals surface area contributed by atoms with Crippen LogP contribution < -0.4 is 0 Å². The maximum absolute atomic E-state index is 12.3. The van der Waals surface area contributed by atoms with Crippen LogP contribution in [0.5, 0.6) is 0 Å². The molecule has 4 heteroatoms. The van der Waals surface area contributed by atoms with Gasteiger partial charge in [0.05, 0.1) is 5.69 Å². The number of hydrogen-bond donors (Lipinski definition) is 0. The molecule has 2 unspecified atom stereocenters. The predicted octanol–water partition coefficient (Wildman–Crippen LogP) is 1.77. The summed E-state index contributed by atoms with van der Waals surface area (Å²) in [6.45, 7) is 5.60. The van der Waals surface area contributed by atoms with E-state index in [4.69, 9.17) is 4.74 Å². The van der Waals surface area contributed by atoms with Crippen molar-refractivity contribution in [2.45, 2.75) is 33.1 Å². The van der Waals surface area contributed by atoms with Gasteiger partial charge in [0.1, 0.15) is 5.78 Å². The second-order valence-corrected chi connectivity index (χ2v) is 5.19. The van der Waals surface area contributed by atoms with Crippen molar-refractivity contribution in [3.8, 4) is 0 Å². The molecule has 1 aromatic rings. The van der Waals surface area contributed by atoms with Gasteiger partial charge < -0.3 is 4.74 Å². The van der Waals surface area contributed by atoms with E-state index in [2.05, 4.69) is 18.9 Å². The van der Waals surface area contributed by atoms with E-state index in [-0.39, 0.29) is 5.92 Å². The Balaban J connectivity index is 2.03. The first-order valence-electron chi connectivity index (χ1n) is 6.74. The van der Waals surface area contributed by atoms with E-state index < -0.39 is 0 Å². The number of carbonyl (C=O) groups is 1. The van der Waals surface area contributed by atoms with Gasteiger partial charge in [0.25, 0.3) is 0 Å². The SMILES string of the molecule is CCc1cc(CC(=O)C2CCOCC2C)n(C)n1. The van der Waals surface area contributed by atoms with Gasteiger partial charge in [0.2, 0.25) is 0 Å². The van der Waals surface area contributed by atoms with Crippen molar-refractivity contribution in [2.75, 3.05) is 13.2 Å². The summed E-state index contributed by atoms with van der Waals surface area (Å²) >= 11 is 0. The fourth-order valence-electron chi connectivity index (χ4n) is 2.58. The molecular weight excluding hydrogens is 228 g/mol. The fraction of sp³-hybridized carbons (Fsp3) is 0.714. The van der Waals surface area contributed by atoms with Crippen LogP contribution in [-0.4, -0.2) is 28.8 Å². The van der Waals surface area contributed by atoms with E-state index in [1.165, 1.54) is 0 Å². The van der Waals surface area contributed by atoms with E-state index in [0.717, 1.165) is 24.2 Å². The first kappa shape index (κ1) is 13.3. The van der Waals surface area contributed by atoms with Gasteiger partial charge in [-0.25, -0.2) is 0 Å². The first-order valence-corrected chi connectivity index (χ1v) is 6.74. The molecule has 0 radical (unpaired) electrons. The Hall–Kier alpha value is -1.16. The van der Waals surface area contributed by atoms with Gasteiger partial charge in [-0.3, -0.25) is 9.48 Å². The van der Waals surface area contributed by atoms with Crippen LogP contribution in [0.1, 0.15) is 31.7 Å². The summed E-state index contributed by atoms with van der Waals surface area (Å²) in [4.78, 5) is 12.3. The zero-order valence-corrected chi connectivity index (χ0v) is 11.5. The number of Topliss-reactive ketones (excluding diaryl/α,β-unsaturated/α-hetero) is 1. The third kappa shape index (κ3) is 2.80. The highest BCUT2D eigenvalue weighted by atomic mass is 16.5. The molecule has 0 saturated carbocycles. The lowest BCUT2D eigenvalue weighted by molar-refractivity contribution is -0.127. The van der Waals surface area contributed by atoms with Crippen molar-refractivity contribution in [1.82, 2.24) is 9.78 Å². The maximum Gasteiger partial charge on any atom is 0.142 e. The molecule has 100 valence electrons. The first-order chi connectivity index (χ1) is 8.61. The zero-order chi connectivity index (χ0) is 13.1. The van der Waals surface area contributed by atoms with Crippen LogP contribution in [0.3, 0.4) is 0 Å². The van der Waals surface area contributed by atoms with Gasteiger partial charge in [-0.15, -0.1) is 0 Å². The topological polar surface area (TPSA) is 44.1 Å². The summed E-state index contributed by atoms with van der Waals surface area (Å²) in [5, 5.41) is 4.39. The Labute approximate surface area is 108 Å². The fourth-order valence-corrected chi connectivity index (χ4v) is 2.58. The Morgan fingerprint density at radius 2 is 2.39 bits per heavy atom. The minimum Gasteiger partial charge on any atom is -0.381 e. The molecule has 1 aliphatic rings. The van der Waals surface area contributed by atoms with Gasteiger partial charge in [-0.1, -0.05) is 13.8 Å². The number of ketones is 1. The van der Waals surface area contributed by atoms with Crippen molar-refractivity contribution < 1.29 is 9.53 Å². The molecule has 0 spiro atoms. The van der Waals surface area contributed by atoms with Gasteiger partial charge in [0, 0.05) is 38.3 Å². The third-order valence-electron chi connectivity index (χ3n) is 3.80. The number of nitrogens with zero attached hydrogens (tertiary/aromatic N) is 2. The second-order valence-electron chi connectivity index (χ2n) is 5.19. The van der Waals surface area contributed by atoms with Crippen LogP contribution in [0, 0.1) is 11.8 Å². The van der Waals surface area contributed by atoms with Gasteiger partial charge in [0.15, 0.2) is 0 Å². The quantitative estimate of drug-likeness (QED) is 0.818. The average molecular weight is 250 g/mol. The van der Waals surface area contributed by atoms with Crippen molar-refractivity contribution in [2.24, 2.45) is 18.9 Å². The van der Waals surface area contributed by atoms with Crippen molar-refractivity contribution in [3.63, 3.8) is 0 Å². The van der Waals surface area contributed by atoms with Crippen LogP contribution in [0.25, 0.3) is 0 Å². The minimum absolute atomic E-state index is 0.152. The van der Waals surface area contributed by atoms with E-state index in [9.17, 15) is 4.79 Å². The second kappa shape index (κ2) is 5.65. The molecule has 1 saturated heterocycles. The molecule has 1 fully saturated rings. The molecule has 2 atom stereocenters. The van der Waals surface area contributed by atoms with Crippen LogP contribution in [0.15, 0.2) is 6.07 Å². The summed E-state index contributed by atoms with van der Waals surface area (Å²) in [7, 11) is 1.91. The largest absolute Gasteiger partial charge is 0.381 e. The Morgan fingerprint density at radius 3 is 3.00 bits per heavy atom. The lowest BCUT2D eigenvalue weighted by Crippen LogP contribution is -2.32. The van der Waals surface area contributed by atoms with Crippen LogP contribution in [-0.2, 0) is 29.4 Å². The lowest BCUT2D eigenvalue weighted by Gasteiger charge is -2.27. The van der Waals surface area contributed by atoms with E-state index in [1.54, 1.807) is 0 Å². The van der Waals surface area contributed by atoms with E-state index >= 15 is 0 Å². The Kier molecular flexibility index (Phi) is 4.17. The highest BCUT2D eigenvalue weighted by Crippen LogP contribution is 2.23.